The molecule has 6 heteroatoms. The predicted molar refractivity (Wildman–Crippen MR) is 74.4 cm³/mol. The van der Waals surface area contributed by atoms with Crippen LogP contribution in [0, 0.1) is 23.7 Å². The smallest absolute Gasteiger partial charge is 0.321 e. The Bertz CT molecular complexity index is 449. The van der Waals surface area contributed by atoms with Gasteiger partial charge in [0.05, 0.1) is 0 Å². The van der Waals surface area contributed by atoms with E-state index in [4.69, 9.17) is 5.11 Å². The maximum absolute atomic E-state index is 11.8. The van der Waals surface area contributed by atoms with Gasteiger partial charge in [-0.3, -0.25) is 14.9 Å². The highest BCUT2D eigenvalue weighted by molar-refractivity contribution is 5.94. The second-order valence-electron chi connectivity index (χ2n) is 6.64. The highest BCUT2D eigenvalue weighted by Gasteiger charge is 2.65. The Hall–Kier alpha value is -1.59. The molecule has 21 heavy (non-hydrogen) atoms. The highest BCUT2D eigenvalue weighted by atomic mass is 16.4. The van der Waals surface area contributed by atoms with Gasteiger partial charge in [-0.2, -0.15) is 0 Å². The van der Waals surface area contributed by atoms with Gasteiger partial charge in [0.25, 0.3) is 0 Å². The van der Waals surface area contributed by atoms with Crippen molar-refractivity contribution >= 4 is 17.9 Å². The molecule has 3 fully saturated rings. The van der Waals surface area contributed by atoms with Gasteiger partial charge in [0, 0.05) is 18.9 Å². The molecule has 3 aliphatic rings. The van der Waals surface area contributed by atoms with Gasteiger partial charge in [-0.25, -0.2) is 4.79 Å². The Morgan fingerprint density at radius 2 is 1.62 bits per heavy atom. The number of urea groups is 1. The molecule has 0 aliphatic heterocycles. The molecule has 0 spiro atoms. The van der Waals surface area contributed by atoms with Gasteiger partial charge >= 0.3 is 12.0 Å². The van der Waals surface area contributed by atoms with Gasteiger partial charge in [0.2, 0.25) is 5.91 Å². The minimum absolute atomic E-state index is 0.0632. The molecule has 0 aromatic carbocycles. The number of hydrogen-bond acceptors (Lipinski definition) is 3. The summed E-state index contributed by atoms with van der Waals surface area (Å²) in [5.74, 6) is 1.70. The molecule has 3 aliphatic carbocycles. The molecule has 4 atom stereocenters. The molecule has 0 aromatic rings. The monoisotopic (exact) mass is 294 g/mol. The van der Waals surface area contributed by atoms with E-state index < -0.39 is 12.0 Å². The van der Waals surface area contributed by atoms with E-state index in [1.807, 2.05) is 0 Å². The van der Waals surface area contributed by atoms with Crippen LogP contribution in [0.3, 0.4) is 0 Å². The number of imide groups is 1. The zero-order valence-corrected chi connectivity index (χ0v) is 12.0. The maximum atomic E-state index is 11.8. The molecule has 4 unspecified atom stereocenters. The van der Waals surface area contributed by atoms with Crippen LogP contribution in [-0.2, 0) is 9.59 Å². The number of unbranched alkanes of at least 4 members (excludes halogenated alkanes) is 1. The number of carboxylic acids is 1. The van der Waals surface area contributed by atoms with Crippen molar-refractivity contribution in [2.45, 2.75) is 51.0 Å². The second-order valence-corrected chi connectivity index (χ2v) is 6.64. The molecule has 116 valence electrons. The Kier molecular flexibility index (Phi) is 3.87. The third-order valence-corrected chi connectivity index (χ3v) is 5.33. The fraction of sp³-hybridized carbons (Fsp3) is 0.800. The zero-order valence-electron chi connectivity index (χ0n) is 12.0. The number of carbonyl (C=O) groups excluding carboxylic acids is 2. The fourth-order valence-corrected chi connectivity index (χ4v) is 4.46. The van der Waals surface area contributed by atoms with Crippen LogP contribution in [0.2, 0.25) is 0 Å². The van der Waals surface area contributed by atoms with Gasteiger partial charge in [-0.15, -0.1) is 0 Å². The molecule has 0 heterocycles. The normalized spacial score (nSPS) is 35.1. The molecule has 0 radical (unpaired) electrons. The number of amides is 3. The van der Waals surface area contributed by atoms with Crippen LogP contribution in [-0.4, -0.2) is 29.1 Å². The summed E-state index contributed by atoms with van der Waals surface area (Å²) < 4.78 is 0. The minimum atomic E-state index is -0.858. The van der Waals surface area contributed by atoms with Crippen LogP contribution in [0.5, 0.6) is 0 Å². The summed E-state index contributed by atoms with van der Waals surface area (Å²) in [4.78, 5) is 33.7. The summed E-state index contributed by atoms with van der Waals surface area (Å²) in [5, 5.41) is 13.8. The lowest BCUT2D eigenvalue weighted by Crippen LogP contribution is -2.42. The number of carboxylic acid groups (broad SMARTS) is 1. The lowest BCUT2D eigenvalue weighted by molar-refractivity contribution is -0.137. The molecule has 3 saturated carbocycles. The summed E-state index contributed by atoms with van der Waals surface area (Å²) in [7, 11) is 0. The molecular formula is C15H22N2O4. The first-order valence-electron chi connectivity index (χ1n) is 7.88. The molecule has 3 N–H and O–H groups in total. The van der Waals surface area contributed by atoms with E-state index in [0.29, 0.717) is 24.7 Å². The van der Waals surface area contributed by atoms with Crippen molar-refractivity contribution in [3.8, 4) is 0 Å². The van der Waals surface area contributed by atoms with Gasteiger partial charge < -0.3 is 10.4 Å². The van der Waals surface area contributed by atoms with E-state index >= 15 is 0 Å². The Morgan fingerprint density at radius 3 is 2.24 bits per heavy atom. The predicted octanol–water partition coefficient (Wildman–Crippen LogP) is 1.50. The summed E-state index contributed by atoms with van der Waals surface area (Å²) in [6, 6.07) is -0.118. The third-order valence-electron chi connectivity index (χ3n) is 5.33. The number of aliphatic carboxylic acids is 1. The lowest BCUT2D eigenvalue weighted by atomic mass is 10.0. The molecule has 3 amide bonds. The largest absolute Gasteiger partial charge is 0.481 e. The molecule has 0 saturated heterocycles. The third kappa shape index (κ3) is 3.04. The van der Waals surface area contributed by atoms with E-state index in [1.54, 1.807) is 0 Å². The molecule has 2 bridgehead atoms. The van der Waals surface area contributed by atoms with Crippen LogP contribution in [0.4, 0.5) is 4.79 Å². The van der Waals surface area contributed by atoms with Crippen molar-refractivity contribution in [3.05, 3.63) is 0 Å². The standard InChI is InChI=1S/C15H22N2O4/c18-10(3-1-2-4-11(19)20)16-15(21)17-14-12-8-5-6-9(7-8)13(12)14/h8-9,12-14H,1-7H2,(H,19,20)(H2,16,17,18,21). The van der Waals surface area contributed by atoms with Gasteiger partial charge in [-0.05, 0) is 55.8 Å². The molecule has 6 nitrogen and oxygen atoms in total. The van der Waals surface area contributed by atoms with Crippen LogP contribution in [0.25, 0.3) is 0 Å². The van der Waals surface area contributed by atoms with Crippen LogP contribution < -0.4 is 10.6 Å². The van der Waals surface area contributed by atoms with Crippen molar-refractivity contribution in [1.82, 2.24) is 10.6 Å². The molecular weight excluding hydrogens is 272 g/mol. The van der Waals surface area contributed by atoms with Crippen molar-refractivity contribution in [2.75, 3.05) is 0 Å². The zero-order chi connectivity index (χ0) is 15.0. The first-order valence-corrected chi connectivity index (χ1v) is 7.88. The Balaban J connectivity index is 1.32. The lowest BCUT2D eigenvalue weighted by Gasteiger charge is -2.11. The van der Waals surface area contributed by atoms with E-state index in [0.717, 1.165) is 11.8 Å². The van der Waals surface area contributed by atoms with E-state index in [-0.39, 0.29) is 24.8 Å². The summed E-state index contributed by atoms with van der Waals surface area (Å²) in [6.07, 6.45) is 5.14. The fourth-order valence-electron chi connectivity index (χ4n) is 4.46. The van der Waals surface area contributed by atoms with Crippen LogP contribution >= 0.6 is 0 Å². The van der Waals surface area contributed by atoms with Gasteiger partial charge in [-0.1, -0.05) is 0 Å². The Morgan fingerprint density at radius 1 is 1.00 bits per heavy atom. The topological polar surface area (TPSA) is 95.5 Å². The first-order chi connectivity index (χ1) is 10.1. The number of rotatable bonds is 6. The Labute approximate surface area is 123 Å². The average Bonchev–Trinajstić information content (AvgIpc) is 2.82. The quantitative estimate of drug-likeness (QED) is 0.647. The van der Waals surface area contributed by atoms with E-state index in [1.165, 1.54) is 19.3 Å². The number of carbonyl (C=O) groups is 3. The average molecular weight is 294 g/mol. The van der Waals surface area contributed by atoms with E-state index in [2.05, 4.69) is 10.6 Å². The second kappa shape index (κ2) is 5.66. The van der Waals surface area contributed by atoms with Gasteiger partial charge in [0.15, 0.2) is 0 Å². The summed E-state index contributed by atoms with van der Waals surface area (Å²) >= 11 is 0. The van der Waals surface area contributed by atoms with E-state index in [9.17, 15) is 14.4 Å². The summed E-state index contributed by atoms with van der Waals surface area (Å²) in [6.45, 7) is 0. The van der Waals surface area contributed by atoms with Crippen LogP contribution in [0.15, 0.2) is 0 Å². The van der Waals surface area contributed by atoms with Crippen molar-refractivity contribution in [3.63, 3.8) is 0 Å². The number of hydrogen-bond donors (Lipinski definition) is 3. The first kappa shape index (κ1) is 14.4. The minimum Gasteiger partial charge on any atom is -0.481 e. The number of fused-ring (bicyclic) bond motifs is 5. The van der Waals surface area contributed by atoms with Crippen molar-refractivity contribution in [1.29, 1.82) is 0 Å². The van der Waals surface area contributed by atoms with Crippen molar-refractivity contribution in [2.24, 2.45) is 23.7 Å². The summed E-state index contributed by atoms with van der Waals surface area (Å²) in [5.41, 5.74) is 0. The number of nitrogens with one attached hydrogen (secondary N) is 2. The highest BCUT2D eigenvalue weighted by Crippen LogP contribution is 2.65. The maximum Gasteiger partial charge on any atom is 0.321 e. The van der Waals surface area contributed by atoms with Gasteiger partial charge in [0.1, 0.15) is 0 Å². The SMILES string of the molecule is O=C(O)CCCCC(=O)NC(=O)NC1C2C3CCC(C3)C12. The van der Waals surface area contributed by atoms with Crippen molar-refractivity contribution < 1.29 is 19.5 Å². The van der Waals surface area contributed by atoms with Crippen LogP contribution in [0.1, 0.15) is 44.9 Å². The molecule has 0 aromatic heterocycles. The molecule has 3 rings (SSSR count).